The van der Waals surface area contributed by atoms with Crippen molar-refractivity contribution in [2.45, 2.75) is 51.3 Å². The highest BCUT2D eigenvalue weighted by atomic mass is 16.5. The number of nitrogens with one attached hydrogen (secondary N) is 1. The maximum absolute atomic E-state index is 6.23. The quantitative estimate of drug-likeness (QED) is 0.901. The van der Waals surface area contributed by atoms with E-state index in [0.29, 0.717) is 12.1 Å². The highest BCUT2D eigenvalue weighted by Crippen LogP contribution is 2.29. The number of ether oxygens (including phenoxy) is 1. The third-order valence-electron chi connectivity index (χ3n) is 4.84. The van der Waals surface area contributed by atoms with Gasteiger partial charge in [0.2, 0.25) is 0 Å². The van der Waals surface area contributed by atoms with Gasteiger partial charge >= 0.3 is 0 Å². The lowest BCUT2D eigenvalue weighted by atomic mass is 9.98. The molecule has 2 aliphatic heterocycles. The van der Waals surface area contributed by atoms with Gasteiger partial charge in [0.1, 0.15) is 0 Å². The van der Waals surface area contributed by atoms with Gasteiger partial charge in [0.25, 0.3) is 0 Å². The molecule has 2 aliphatic rings. The molecular weight excluding hydrogens is 260 g/mol. The number of fused-ring (bicyclic) bond motifs is 1. The van der Waals surface area contributed by atoms with Crippen molar-refractivity contribution in [1.82, 2.24) is 10.2 Å². The largest absolute Gasteiger partial charge is 0.373 e. The molecule has 0 amide bonds. The molecule has 116 valence electrons. The van der Waals surface area contributed by atoms with Crippen molar-refractivity contribution in [2.24, 2.45) is 0 Å². The fraction of sp³-hybridized carbons (Fsp3) is 0.667. The number of hydrogen-bond acceptors (Lipinski definition) is 3. The van der Waals surface area contributed by atoms with Gasteiger partial charge in [-0.3, -0.25) is 4.90 Å². The van der Waals surface area contributed by atoms with Gasteiger partial charge in [-0.15, -0.1) is 0 Å². The Balaban J connectivity index is 1.73. The fourth-order valence-corrected chi connectivity index (χ4v) is 3.58. The van der Waals surface area contributed by atoms with Crippen LogP contribution in [-0.2, 0) is 4.74 Å². The summed E-state index contributed by atoms with van der Waals surface area (Å²) in [6.07, 6.45) is 4.07. The van der Waals surface area contributed by atoms with Gasteiger partial charge in [-0.05, 0) is 44.8 Å². The smallest absolute Gasteiger partial charge is 0.0897 e. The van der Waals surface area contributed by atoms with Crippen molar-refractivity contribution in [3.8, 4) is 0 Å². The van der Waals surface area contributed by atoms with E-state index in [1.165, 1.54) is 30.5 Å². The molecule has 3 heteroatoms. The molecule has 3 atom stereocenters. The Hall–Kier alpha value is -0.900. The minimum absolute atomic E-state index is 0.272. The Morgan fingerprint density at radius 2 is 2.14 bits per heavy atom. The summed E-state index contributed by atoms with van der Waals surface area (Å²) in [5, 5.41) is 3.70. The lowest BCUT2D eigenvalue weighted by Crippen LogP contribution is -2.50. The molecule has 3 nitrogen and oxygen atoms in total. The summed E-state index contributed by atoms with van der Waals surface area (Å²) in [5.41, 5.74) is 2.67. The minimum atomic E-state index is 0.272. The van der Waals surface area contributed by atoms with Crippen LogP contribution in [0.5, 0.6) is 0 Å². The second-order valence-electron chi connectivity index (χ2n) is 6.51. The van der Waals surface area contributed by atoms with Crippen molar-refractivity contribution in [2.75, 3.05) is 26.2 Å². The van der Waals surface area contributed by atoms with E-state index in [0.717, 1.165) is 26.1 Å². The summed E-state index contributed by atoms with van der Waals surface area (Å²) in [6, 6.07) is 9.90. The van der Waals surface area contributed by atoms with Crippen molar-refractivity contribution >= 4 is 0 Å². The van der Waals surface area contributed by atoms with Crippen LogP contribution in [0.1, 0.15) is 43.4 Å². The molecular formula is C18H28N2O. The Morgan fingerprint density at radius 1 is 1.33 bits per heavy atom. The first-order valence-corrected chi connectivity index (χ1v) is 8.43. The monoisotopic (exact) mass is 288 g/mol. The van der Waals surface area contributed by atoms with Gasteiger partial charge in [-0.1, -0.05) is 36.8 Å². The molecule has 0 bridgehead atoms. The molecule has 1 aromatic carbocycles. The number of morpholine rings is 1. The number of hydrogen-bond donors (Lipinski definition) is 1. The van der Waals surface area contributed by atoms with E-state index < -0.39 is 0 Å². The van der Waals surface area contributed by atoms with Crippen molar-refractivity contribution < 1.29 is 4.74 Å². The van der Waals surface area contributed by atoms with E-state index in [-0.39, 0.29) is 6.10 Å². The second-order valence-corrected chi connectivity index (χ2v) is 6.51. The average Bonchev–Trinajstić information content (AvgIpc) is 2.97. The van der Waals surface area contributed by atoms with Gasteiger partial charge in [0.05, 0.1) is 18.8 Å². The van der Waals surface area contributed by atoms with Gasteiger partial charge in [0, 0.05) is 12.6 Å². The lowest BCUT2D eigenvalue weighted by molar-refractivity contribution is -0.0652. The van der Waals surface area contributed by atoms with Crippen molar-refractivity contribution in [3.05, 3.63) is 35.4 Å². The fourth-order valence-electron chi connectivity index (χ4n) is 3.58. The van der Waals surface area contributed by atoms with Crippen molar-refractivity contribution in [1.29, 1.82) is 0 Å². The summed E-state index contributed by atoms with van der Waals surface area (Å²) in [4.78, 5) is 2.63. The zero-order valence-corrected chi connectivity index (χ0v) is 13.3. The first-order chi connectivity index (χ1) is 10.3. The maximum atomic E-state index is 6.23. The SMILES string of the molecule is CCCNC(c1ccc(C)cc1)C1CN2CCCC2CO1. The van der Waals surface area contributed by atoms with Crippen LogP contribution in [0, 0.1) is 6.92 Å². The molecule has 2 heterocycles. The Bertz CT molecular complexity index is 445. The van der Waals surface area contributed by atoms with Crippen molar-refractivity contribution in [3.63, 3.8) is 0 Å². The molecule has 21 heavy (non-hydrogen) atoms. The van der Waals surface area contributed by atoms with Gasteiger partial charge < -0.3 is 10.1 Å². The molecule has 0 spiro atoms. The Labute approximate surface area is 128 Å². The third-order valence-corrected chi connectivity index (χ3v) is 4.84. The Kier molecular flexibility index (Phi) is 4.94. The molecule has 0 aliphatic carbocycles. The van der Waals surface area contributed by atoms with E-state index in [4.69, 9.17) is 4.74 Å². The minimum Gasteiger partial charge on any atom is -0.373 e. The lowest BCUT2D eigenvalue weighted by Gasteiger charge is -2.39. The maximum Gasteiger partial charge on any atom is 0.0897 e. The highest BCUT2D eigenvalue weighted by molar-refractivity contribution is 5.25. The molecule has 1 aromatic rings. The van der Waals surface area contributed by atoms with Crippen LogP contribution in [0.25, 0.3) is 0 Å². The second kappa shape index (κ2) is 6.91. The summed E-state index contributed by atoms with van der Waals surface area (Å²) >= 11 is 0. The number of aryl methyl sites for hydroxylation is 1. The molecule has 3 unspecified atom stereocenters. The first-order valence-electron chi connectivity index (χ1n) is 8.43. The zero-order valence-electron chi connectivity index (χ0n) is 13.3. The van der Waals surface area contributed by atoms with Crippen LogP contribution in [0.3, 0.4) is 0 Å². The number of rotatable bonds is 5. The summed E-state index contributed by atoms with van der Waals surface area (Å²) in [5.74, 6) is 0. The predicted molar refractivity (Wildman–Crippen MR) is 86.5 cm³/mol. The summed E-state index contributed by atoms with van der Waals surface area (Å²) in [6.45, 7) is 8.63. The van der Waals surface area contributed by atoms with Crippen LogP contribution in [-0.4, -0.2) is 43.3 Å². The highest BCUT2D eigenvalue weighted by Gasteiger charge is 2.36. The van der Waals surface area contributed by atoms with Crippen LogP contribution >= 0.6 is 0 Å². The van der Waals surface area contributed by atoms with Gasteiger partial charge in [-0.2, -0.15) is 0 Å². The predicted octanol–water partition coefficient (Wildman–Crippen LogP) is 2.90. The third kappa shape index (κ3) is 3.47. The summed E-state index contributed by atoms with van der Waals surface area (Å²) in [7, 11) is 0. The normalized spacial score (nSPS) is 27.5. The molecule has 2 saturated heterocycles. The summed E-state index contributed by atoms with van der Waals surface area (Å²) < 4.78 is 6.23. The number of nitrogens with zero attached hydrogens (tertiary/aromatic N) is 1. The standard InChI is InChI=1S/C18H28N2O/c1-3-10-19-18(15-8-6-14(2)7-9-15)17-12-20-11-4-5-16(20)13-21-17/h6-9,16-19H,3-5,10-13H2,1-2H3. The molecule has 0 aromatic heterocycles. The first kappa shape index (κ1) is 15.0. The van der Waals surface area contributed by atoms with Crippen LogP contribution < -0.4 is 5.32 Å². The van der Waals surface area contributed by atoms with E-state index in [9.17, 15) is 0 Å². The topological polar surface area (TPSA) is 24.5 Å². The van der Waals surface area contributed by atoms with E-state index in [1.807, 2.05) is 0 Å². The molecule has 0 radical (unpaired) electrons. The zero-order chi connectivity index (χ0) is 14.7. The average molecular weight is 288 g/mol. The molecule has 0 saturated carbocycles. The van der Waals surface area contributed by atoms with Crippen LogP contribution in [0.4, 0.5) is 0 Å². The van der Waals surface area contributed by atoms with Gasteiger partial charge in [-0.25, -0.2) is 0 Å². The van der Waals surface area contributed by atoms with Crippen LogP contribution in [0.15, 0.2) is 24.3 Å². The number of benzene rings is 1. The molecule has 1 N–H and O–H groups in total. The Morgan fingerprint density at radius 3 is 2.90 bits per heavy atom. The van der Waals surface area contributed by atoms with Crippen LogP contribution in [0.2, 0.25) is 0 Å². The van der Waals surface area contributed by atoms with E-state index >= 15 is 0 Å². The van der Waals surface area contributed by atoms with Gasteiger partial charge in [0.15, 0.2) is 0 Å². The molecule has 2 fully saturated rings. The van der Waals surface area contributed by atoms with E-state index in [1.54, 1.807) is 0 Å². The van der Waals surface area contributed by atoms with E-state index in [2.05, 4.69) is 48.3 Å². The molecule has 3 rings (SSSR count).